The molecule has 1 heterocycles. The molecule has 0 spiro atoms. The molecule has 1 aromatic heterocycles. The molecule has 7 heteroatoms. The number of aryl methyl sites for hydroxylation is 1. The average molecular weight is 435 g/mol. The number of methoxy groups -OCH3 is 1. The average Bonchev–Trinajstić information content (AvgIpc) is 2.82. The molecule has 0 saturated carbocycles. The van der Waals surface area contributed by atoms with Gasteiger partial charge in [0, 0.05) is 38.0 Å². The van der Waals surface area contributed by atoms with Gasteiger partial charge in [-0.2, -0.15) is 0 Å². The first-order valence-corrected chi connectivity index (χ1v) is 10.6. The number of guanidine groups is 1. The molecule has 0 amide bonds. The van der Waals surface area contributed by atoms with E-state index in [0.29, 0.717) is 43.0 Å². The van der Waals surface area contributed by atoms with E-state index >= 15 is 0 Å². The van der Waals surface area contributed by atoms with Crippen molar-refractivity contribution in [2.75, 3.05) is 20.8 Å². The van der Waals surface area contributed by atoms with Crippen LogP contribution in [0.25, 0.3) is 0 Å². The highest BCUT2D eigenvalue weighted by atomic mass is 16.5. The van der Waals surface area contributed by atoms with Gasteiger partial charge in [-0.15, -0.1) is 0 Å². The molecule has 3 aromatic rings. The first kappa shape index (κ1) is 22.9. The first-order valence-electron chi connectivity index (χ1n) is 10.6. The van der Waals surface area contributed by atoms with Gasteiger partial charge in [0.05, 0.1) is 13.7 Å². The van der Waals surface area contributed by atoms with Gasteiger partial charge in [0.1, 0.15) is 5.75 Å². The van der Waals surface area contributed by atoms with Gasteiger partial charge in [-0.1, -0.05) is 30.3 Å². The standard InChI is InChI=1S/C25H30N4O3/c1-5-31-21-8-6-7-9-22(21)32-24-13-11-19(15-27-24)16-28-25(26-3)29-17-20-12-10-18(2)14-23(20)30-4/h6-15H,5,16-17H2,1-4H3,(H2,26,28,29). The fraction of sp³-hybridized carbons (Fsp3) is 0.280. The van der Waals surface area contributed by atoms with Crippen molar-refractivity contribution in [3.8, 4) is 23.1 Å². The smallest absolute Gasteiger partial charge is 0.219 e. The molecule has 0 aliphatic rings. The summed E-state index contributed by atoms with van der Waals surface area (Å²) in [6, 6.07) is 17.5. The molecule has 0 aliphatic carbocycles. The minimum Gasteiger partial charge on any atom is -0.496 e. The number of hydrogen-bond acceptors (Lipinski definition) is 5. The molecule has 0 radical (unpaired) electrons. The molecule has 0 bridgehead atoms. The Balaban J connectivity index is 1.54. The van der Waals surface area contributed by atoms with Crippen LogP contribution in [0.15, 0.2) is 65.8 Å². The van der Waals surface area contributed by atoms with Crippen molar-refractivity contribution < 1.29 is 14.2 Å². The summed E-state index contributed by atoms with van der Waals surface area (Å²) >= 11 is 0. The third-order valence-corrected chi connectivity index (χ3v) is 4.73. The summed E-state index contributed by atoms with van der Waals surface area (Å²) in [6.07, 6.45) is 1.78. The quantitative estimate of drug-likeness (QED) is 0.383. The highest BCUT2D eigenvalue weighted by Gasteiger charge is 2.07. The third-order valence-electron chi connectivity index (χ3n) is 4.73. The minimum absolute atomic E-state index is 0.509. The maximum absolute atomic E-state index is 5.88. The minimum atomic E-state index is 0.509. The summed E-state index contributed by atoms with van der Waals surface area (Å²) < 4.78 is 16.9. The number of para-hydroxylation sites is 2. The second-order valence-electron chi connectivity index (χ2n) is 7.08. The number of nitrogens with zero attached hydrogens (tertiary/aromatic N) is 2. The Labute approximate surface area is 189 Å². The summed E-state index contributed by atoms with van der Waals surface area (Å²) in [4.78, 5) is 8.70. The second-order valence-corrected chi connectivity index (χ2v) is 7.08. The summed E-state index contributed by atoms with van der Waals surface area (Å²) in [5.74, 6) is 3.40. The Morgan fingerprint density at radius 3 is 2.44 bits per heavy atom. The lowest BCUT2D eigenvalue weighted by molar-refractivity contribution is 0.319. The van der Waals surface area contributed by atoms with Crippen LogP contribution in [-0.4, -0.2) is 31.7 Å². The summed E-state index contributed by atoms with van der Waals surface area (Å²) in [5, 5.41) is 6.61. The monoisotopic (exact) mass is 434 g/mol. The van der Waals surface area contributed by atoms with Crippen molar-refractivity contribution in [3.05, 3.63) is 77.5 Å². The van der Waals surface area contributed by atoms with Crippen LogP contribution < -0.4 is 24.8 Å². The number of rotatable bonds is 9. The fourth-order valence-corrected chi connectivity index (χ4v) is 3.08. The lowest BCUT2D eigenvalue weighted by Crippen LogP contribution is -2.36. The highest BCUT2D eigenvalue weighted by molar-refractivity contribution is 5.79. The Kier molecular flexibility index (Phi) is 8.31. The van der Waals surface area contributed by atoms with Gasteiger partial charge in [0.2, 0.25) is 5.88 Å². The number of hydrogen-bond donors (Lipinski definition) is 2. The maximum atomic E-state index is 5.88. The number of aliphatic imine (C=N–C) groups is 1. The number of aromatic nitrogens is 1. The van der Waals surface area contributed by atoms with Gasteiger partial charge in [-0.3, -0.25) is 4.99 Å². The normalized spacial score (nSPS) is 11.1. The predicted molar refractivity (Wildman–Crippen MR) is 127 cm³/mol. The van der Waals surface area contributed by atoms with Gasteiger partial charge in [-0.05, 0) is 43.2 Å². The van der Waals surface area contributed by atoms with Crippen LogP contribution in [-0.2, 0) is 13.1 Å². The first-order chi connectivity index (χ1) is 15.6. The predicted octanol–water partition coefficient (Wildman–Crippen LogP) is 4.45. The van der Waals surface area contributed by atoms with Crippen LogP contribution in [0.1, 0.15) is 23.6 Å². The molecular weight excluding hydrogens is 404 g/mol. The molecule has 168 valence electrons. The van der Waals surface area contributed by atoms with Crippen molar-refractivity contribution in [1.29, 1.82) is 0 Å². The molecule has 0 atom stereocenters. The summed E-state index contributed by atoms with van der Waals surface area (Å²) in [6.45, 7) is 5.74. The zero-order valence-corrected chi connectivity index (χ0v) is 19.0. The van der Waals surface area contributed by atoms with Crippen LogP contribution in [0.2, 0.25) is 0 Å². The molecule has 0 saturated heterocycles. The molecular formula is C25H30N4O3. The molecule has 0 unspecified atom stereocenters. The molecule has 0 fully saturated rings. The van der Waals surface area contributed by atoms with E-state index in [0.717, 1.165) is 22.4 Å². The van der Waals surface area contributed by atoms with Gasteiger partial charge in [-0.25, -0.2) is 4.98 Å². The van der Waals surface area contributed by atoms with E-state index in [9.17, 15) is 0 Å². The molecule has 0 aliphatic heterocycles. The third kappa shape index (κ3) is 6.38. The fourth-order valence-electron chi connectivity index (χ4n) is 3.08. The SMILES string of the molecule is CCOc1ccccc1Oc1ccc(CNC(=NC)NCc2ccc(C)cc2OC)cn1. The van der Waals surface area contributed by atoms with E-state index in [1.807, 2.05) is 56.3 Å². The largest absolute Gasteiger partial charge is 0.496 e. The van der Waals surface area contributed by atoms with Crippen LogP contribution in [0.5, 0.6) is 23.1 Å². The molecule has 2 N–H and O–H groups in total. The van der Waals surface area contributed by atoms with E-state index in [-0.39, 0.29) is 0 Å². The lowest BCUT2D eigenvalue weighted by atomic mass is 10.1. The van der Waals surface area contributed by atoms with Gasteiger partial charge >= 0.3 is 0 Å². The van der Waals surface area contributed by atoms with Crippen molar-refractivity contribution >= 4 is 5.96 Å². The Hall–Kier alpha value is -3.74. The number of pyridine rings is 1. The van der Waals surface area contributed by atoms with Crippen LogP contribution in [0, 0.1) is 6.92 Å². The number of nitrogens with one attached hydrogen (secondary N) is 2. The maximum Gasteiger partial charge on any atom is 0.219 e. The van der Waals surface area contributed by atoms with Crippen LogP contribution in [0.3, 0.4) is 0 Å². The van der Waals surface area contributed by atoms with E-state index in [2.05, 4.69) is 32.7 Å². The zero-order valence-electron chi connectivity index (χ0n) is 19.0. The molecule has 32 heavy (non-hydrogen) atoms. The molecule has 7 nitrogen and oxygen atoms in total. The zero-order chi connectivity index (χ0) is 22.8. The Morgan fingerprint density at radius 1 is 0.969 bits per heavy atom. The Bertz CT molecular complexity index is 1040. The van der Waals surface area contributed by atoms with E-state index in [1.165, 1.54) is 0 Å². The van der Waals surface area contributed by atoms with Gasteiger partial charge in [0.25, 0.3) is 0 Å². The second kappa shape index (κ2) is 11.6. The summed E-state index contributed by atoms with van der Waals surface area (Å²) in [7, 11) is 3.42. The topological polar surface area (TPSA) is 77.0 Å². The van der Waals surface area contributed by atoms with Crippen LogP contribution >= 0.6 is 0 Å². The van der Waals surface area contributed by atoms with Gasteiger partial charge in [0.15, 0.2) is 17.5 Å². The Morgan fingerprint density at radius 2 is 1.75 bits per heavy atom. The number of ether oxygens (including phenoxy) is 3. The number of benzene rings is 2. The van der Waals surface area contributed by atoms with Crippen molar-refractivity contribution in [2.24, 2.45) is 4.99 Å². The molecule has 3 rings (SSSR count). The highest BCUT2D eigenvalue weighted by Crippen LogP contribution is 2.30. The van der Waals surface area contributed by atoms with Crippen molar-refractivity contribution in [2.45, 2.75) is 26.9 Å². The van der Waals surface area contributed by atoms with Gasteiger partial charge < -0.3 is 24.8 Å². The summed E-state index contributed by atoms with van der Waals surface area (Å²) in [5.41, 5.74) is 3.23. The lowest BCUT2D eigenvalue weighted by Gasteiger charge is -2.14. The molecule has 2 aromatic carbocycles. The van der Waals surface area contributed by atoms with Crippen LogP contribution in [0.4, 0.5) is 0 Å². The van der Waals surface area contributed by atoms with E-state index < -0.39 is 0 Å². The van der Waals surface area contributed by atoms with Crippen molar-refractivity contribution in [3.63, 3.8) is 0 Å². The van der Waals surface area contributed by atoms with Crippen molar-refractivity contribution in [1.82, 2.24) is 15.6 Å². The van der Waals surface area contributed by atoms with E-state index in [4.69, 9.17) is 14.2 Å². The van der Waals surface area contributed by atoms with E-state index in [1.54, 1.807) is 20.4 Å².